The third-order valence-electron chi connectivity index (χ3n) is 3.33. The highest BCUT2D eigenvalue weighted by atomic mass is 32.9. The zero-order valence-electron chi connectivity index (χ0n) is 12.1. The molecule has 8 nitrogen and oxygen atoms in total. The van der Waals surface area contributed by atoms with Gasteiger partial charge in [0, 0.05) is 13.2 Å². The molecule has 128 valence electrons. The second-order valence-corrected chi connectivity index (χ2v) is 10.2. The predicted molar refractivity (Wildman–Crippen MR) is 85.8 cm³/mol. The number of aromatic nitrogens is 1. The lowest BCUT2D eigenvalue weighted by atomic mass is 10.1. The van der Waals surface area contributed by atoms with E-state index >= 15 is 0 Å². The molecule has 23 heavy (non-hydrogen) atoms. The number of hydrogen-bond donors (Lipinski definition) is 4. The SMILES string of the molecule is COP(=S)(S)OC[C@H]1OC([n+]2cccc(C(=O)O)c2)[C@H](O)[C@@H]1O. The van der Waals surface area contributed by atoms with Gasteiger partial charge in [0.2, 0.25) is 5.69 Å². The van der Waals surface area contributed by atoms with Crippen molar-refractivity contribution in [2.24, 2.45) is 0 Å². The van der Waals surface area contributed by atoms with Crippen molar-refractivity contribution in [1.29, 1.82) is 0 Å². The summed E-state index contributed by atoms with van der Waals surface area (Å²) >= 11 is 9.03. The highest BCUT2D eigenvalue weighted by Crippen LogP contribution is 2.52. The van der Waals surface area contributed by atoms with E-state index in [1.165, 1.54) is 36.2 Å². The fourth-order valence-electron chi connectivity index (χ4n) is 2.11. The third kappa shape index (κ3) is 4.49. The largest absolute Gasteiger partial charge is 0.477 e. The summed E-state index contributed by atoms with van der Waals surface area (Å²) in [6.07, 6.45) is -1.42. The zero-order valence-corrected chi connectivity index (χ0v) is 14.7. The van der Waals surface area contributed by atoms with Crippen LogP contribution in [0.15, 0.2) is 24.5 Å². The smallest absolute Gasteiger partial charge is 0.341 e. The van der Waals surface area contributed by atoms with Crippen LogP contribution in [-0.4, -0.2) is 53.3 Å². The normalized spacial score (nSPS) is 30.1. The minimum Gasteiger partial charge on any atom is -0.477 e. The molecule has 1 aromatic rings. The fourth-order valence-corrected chi connectivity index (χ4v) is 2.93. The number of carboxylic acids is 1. The molecule has 11 heteroatoms. The van der Waals surface area contributed by atoms with Crippen LogP contribution in [0.25, 0.3) is 0 Å². The molecule has 2 unspecified atom stereocenters. The lowest BCUT2D eigenvalue weighted by Crippen LogP contribution is -2.46. The molecule has 1 saturated heterocycles. The van der Waals surface area contributed by atoms with Crippen molar-refractivity contribution in [2.75, 3.05) is 13.7 Å². The van der Waals surface area contributed by atoms with Crippen LogP contribution in [0.1, 0.15) is 16.6 Å². The van der Waals surface area contributed by atoms with Crippen molar-refractivity contribution in [3.8, 4) is 0 Å². The molecule has 0 bridgehead atoms. The van der Waals surface area contributed by atoms with Crippen molar-refractivity contribution < 1.29 is 38.5 Å². The maximum Gasteiger partial charge on any atom is 0.341 e. The molecule has 0 amide bonds. The highest BCUT2D eigenvalue weighted by Gasteiger charge is 2.48. The van der Waals surface area contributed by atoms with Crippen molar-refractivity contribution in [3.05, 3.63) is 30.1 Å². The van der Waals surface area contributed by atoms with Crippen LogP contribution >= 0.6 is 17.9 Å². The Balaban J connectivity index is 2.12. The summed E-state index contributed by atoms with van der Waals surface area (Å²) in [6, 6.07) is 2.92. The van der Waals surface area contributed by atoms with Crippen molar-refractivity contribution in [1.82, 2.24) is 0 Å². The van der Waals surface area contributed by atoms with E-state index in [-0.39, 0.29) is 12.2 Å². The van der Waals surface area contributed by atoms with Gasteiger partial charge in [-0.25, -0.2) is 4.79 Å². The molecule has 2 rings (SSSR count). The molecule has 1 aromatic heterocycles. The van der Waals surface area contributed by atoms with Gasteiger partial charge in [0.25, 0.3) is 6.23 Å². The molecule has 1 aliphatic heterocycles. The quantitative estimate of drug-likeness (QED) is 0.312. The average molecular weight is 382 g/mol. The van der Waals surface area contributed by atoms with E-state index in [0.717, 1.165) is 0 Å². The maximum atomic E-state index is 11.0. The molecule has 0 spiro atoms. The lowest BCUT2D eigenvalue weighted by molar-refractivity contribution is -0.765. The second-order valence-electron chi connectivity index (χ2n) is 4.84. The van der Waals surface area contributed by atoms with Crippen molar-refractivity contribution >= 4 is 35.7 Å². The molecular formula is C12H17NO7PS2+. The summed E-state index contributed by atoms with van der Waals surface area (Å²) in [4.78, 5) is 11.0. The zero-order chi connectivity index (χ0) is 17.2. The van der Waals surface area contributed by atoms with E-state index < -0.39 is 36.2 Å². The molecule has 1 fully saturated rings. The number of rotatable bonds is 6. The second kappa shape index (κ2) is 7.54. The number of thiol groups is 1. The van der Waals surface area contributed by atoms with Crippen LogP contribution in [0.4, 0.5) is 0 Å². The van der Waals surface area contributed by atoms with Gasteiger partial charge in [-0.15, -0.1) is 0 Å². The number of aromatic carboxylic acids is 1. The molecular weight excluding hydrogens is 365 g/mol. The molecule has 0 radical (unpaired) electrons. The Kier molecular flexibility index (Phi) is 6.15. The number of aliphatic hydroxyl groups is 2. The Morgan fingerprint density at radius 1 is 1.52 bits per heavy atom. The summed E-state index contributed by atoms with van der Waals surface area (Å²) < 4.78 is 17.2. The Morgan fingerprint density at radius 2 is 2.22 bits per heavy atom. The summed E-state index contributed by atoms with van der Waals surface area (Å²) in [5, 5.41) is 29.2. The van der Waals surface area contributed by atoms with E-state index in [4.69, 9.17) is 30.7 Å². The van der Waals surface area contributed by atoms with Gasteiger partial charge >= 0.3 is 5.97 Å². The van der Waals surface area contributed by atoms with Crippen LogP contribution < -0.4 is 4.57 Å². The maximum absolute atomic E-state index is 11.0. The van der Waals surface area contributed by atoms with Gasteiger partial charge in [0.1, 0.15) is 17.8 Å². The monoisotopic (exact) mass is 382 g/mol. The van der Waals surface area contributed by atoms with E-state index in [1.807, 2.05) is 0 Å². The first kappa shape index (κ1) is 18.8. The van der Waals surface area contributed by atoms with Gasteiger partial charge in [-0.05, 0) is 17.9 Å². The first-order valence-electron chi connectivity index (χ1n) is 6.54. The average Bonchev–Trinajstić information content (AvgIpc) is 2.81. The molecule has 5 atom stereocenters. The van der Waals surface area contributed by atoms with E-state index in [9.17, 15) is 15.0 Å². The fraction of sp³-hybridized carbons (Fsp3) is 0.500. The number of carboxylic acid groups (broad SMARTS) is 1. The molecule has 3 N–H and O–H groups in total. The topological polar surface area (TPSA) is 109 Å². The minimum absolute atomic E-state index is 0.0303. The Bertz CT molecular complexity index is 631. The summed E-state index contributed by atoms with van der Waals surface area (Å²) in [6.45, 7) is -0.109. The van der Waals surface area contributed by atoms with Crippen molar-refractivity contribution in [3.63, 3.8) is 0 Å². The number of ether oxygens (including phenoxy) is 1. The van der Waals surface area contributed by atoms with Crippen LogP contribution in [0.5, 0.6) is 0 Å². The number of carbonyl (C=O) groups is 1. The summed E-state index contributed by atoms with van der Waals surface area (Å²) in [5.41, 5.74) is -2.68. The first-order chi connectivity index (χ1) is 10.7. The van der Waals surface area contributed by atoms with Crippen LogP contribution in [0, 0.1) is 0 Å². The van der Waals surface area contributed by atoms with Crippen LogP contribution in [-0.2, 0) is 25.6 Å². The predicted octanol–water partition coefficient (Wildman–Crippen LogP) is 0.109. The minimum atomic E-state index is -2.71. The third-order valence-corrected chi connectivity index (χ3v) is 5.87. The summed E-state index contributed by atoms with van der Waals surface area (Å²) in [7, 11) is 1.37. The van der Waals surface area contributed by atoms with Gasteiger partial charge in [-0.3, -0.25) is 0 Å². The lowest BCUT2D eigenvalue weighted by Gasteiger charge is -2.18. The molecule has 0 saturated carbocycles. The molecule has 1 aliphatic rings. The Morgan fingerprint density at radius 3 is 2.83 bits per heavy atom. The standard InChI is InChI=1S/C12H16NO7PS2/c1-18-21(22,23)19-6-8-9(14)10(15)11(20-8)13-4-2-3-7(5-13)12(16)17/h2-5,8-11,14-15H,6H2,1H3,(H-,16,17,22,23)/p+1/t8-,9-,10-,11?/m1/s1. The van der Waals surface area contributed by atoms with E-state index in [0.29, 0.717) is 0 Å². The van der Waals surface area contributed by atoms with Gasteiger partial charge < -0.3 is 29.1 Å². The van der Waals surface area contributed by atoms with E-state index in [1.54, 1.807) is 0 Å². The number of nitrogens with zero attached hydrogens (tertiary/aromatic N) is 1. The van der Waals surface area contributed by atoms with Gasteiger partial charge in [0.15, 0.2) is 18.5 Å². The van der Waals surface area contributed by atoms with Gasteiger partial charge in [-0.2, -0.15) is 4.57 Å². The van der Waals surface area contributed by atoms with Gasteiger partial charge in [-0.1, -0.05) is 12.2 Å². The molecule has 0 aromatic carbocycles. The summed E-state index contributed by atoms with van der Waals surface area (Å²) in [5.74, 6) is -1.11. The number of hydrogen-bond acceptors (Lipinski definition) is 7. The van der Waals surface area contributed by atoms with Crippen LogP contribution in [0.3, 0.4) is 0 Å². The Labute approximate surface area is 142 Å². The molecule has 2 heterocycles. The molecule has 0 aliphatic carbocycles. The first-order valence-corrected chi connectivity index (χ1v) is 10.3. The van der Waals surface area contributed by atoms with Gasteiger partial charge in [0.05, 0.1) is 6.61 Å². The Hall–Kier alpha value is -0.580. The van der Waals surface area contributed by atoms with Crippen molar-refractivity contribution in [2.45, 2.75) is 24.5 Å². The van der Waals surface area contributed by atoms with Crippen LogP contribution in [0.2, 0.25) is 0 Å². The highest BCUT2D eigenvalue weighted by molar-refractivity contribution is 8.60. The number of pyridine rings is 1. The number of aliphatic hydroxyl groups excluding tert-OH is 2. The van der Waals surface area contributed by atoms with E-state index in [2.05, 4.69) is 12.2 Å².